The smallest absolute Gasteiger partial charge is 0.306 e. The summed E-state index contributed by atoms with van der Waals surface area (Å²) >= 11 is 0. The van der Waals surface area contributed by atoms with Gasteiger partial charge in [0.1, 0.15) is 5.82 Å². The summed E-state index contributed by atoms with van der Waals surface area (Å²) < 4.78 is 18.2. The molecule has 0 aliphatic heterocycles. The summed E-state index contributed by atoms with van der Waals surface area (Å²) in [5.41, 5.74) is 1.77. The van der Waals surface area contributed by atoms with Crippen molar-refractivity contribution in [2.45, 2.75) is 19.8 Å². The Bertz CT molecular complexity index is 960. The zero-order chi connectivity index (χ0) is 18.7. The van der Waals surface area contributed by atoms with Gasteiger partial charge in [-0.2, -0.15) is 0 Å². The van der Waals surface area contributed by atoms with E-state index < -0.39 is 5.82 Å². The zero-order valence-electron chi connectivity index (χ0n) is 14.2. The van der Waals surface area contributed by atoms with Gasteiger partial charge in [0.2, 0.25) is 5.88 Å². The quantitative estimate of drug-likeness (QED) is 0.521. The number of aromatic amines is 1. The SMILES string of the molecule is CCOC(=O)CCc1ccc(C(=O)c2c(O)[nH]c3cc(F)ccc23)cc1. The van der Waals surface area contributed by atoms with Crippen LogP contribution in [0.5, 0.6) is 5.88 Å². The Hall–Kier alpha value is -3.15. The molecule has 3 rings (SSSR count). The molecule has 0 aliphatic carbocycles. The van der Waals surface area contributed by atoms with Crippen molar-refractivity contribution in [3.63, 3.8) is 0 Å². The topological polar surface area (TPSA) is 79.4 Å². The van der Waals surface area contributed by atoms with Gasteiger partial charge in [-0.3, -0.25) is 9.59 Å². The first-order valence-electron chi connectivity index (χ1n) is 8.29. The van der Waals surface area contributed by atoms with Crippen LogP contribution in [0, 0.1) is 5.82 Å². The second-order valence-electron chi connectivity index (χ2n) is 5.87. The van der Waals surface area contributed by atoms with Crippen molar-refractivity contribution in [1.29, 1.82) is 0 Å². The average Bonchev–Trinajstić information content (AvgIpc) is 2.95. The van der Waals surface area contributed by atoms with Crippen molar-refractivity contribution in [2.24, 2.45) is 0 Å². The fraction of sp³-hybridized carbons (Fsp3) is 0.200. The molecule has 3 aromatic rings. The maximum absolute atomic E-state index is 13.3. The van der Waals surface area contributed by atoms with Gasteiger partial charge in [0, 0.05) is 17.4 Å². The highest BCUT2D eigenvalue weighted by Crippen LogP contribution is 2.30. The standard InChI is InChI=1S/C20H18FNO4/c1-2-26-17(23)10-5-12-3-6-13(7-4-12)19(24)18-15-9-8-14(21)11-16(15)22-20(18)25/h3-4,6-9,11,22,25H,2,5,10H2,1H3. The number of carbonyl (C=O) groups is 2. The van der Waals surface area contributed by atoms with Crippen LogP contribution in [0.15, 0.2) is 42.5 Å². The van der Waals surface area contributed by atoms with Crippen molar-refractivity contribution in [2.75, 3.05) is 6.61 Å². The van der Waals surface area contributed by atoms with Crippen LogP contribution in [0.4, 0.5) is 4.39 Å². The van der Waals surface area contributed by atoms with Crippen LogP contribution in [-0.2, 0) is 16.0 Å². The lowest BCUT2D eigenvalue weighted by Gasteiger charge is -2.04. The molecule has 6 heteroatoms. The molecule has 0 unspecified atom stereocenters. The number of ketones is 1. The Labute approximate surface area is 149 Å². The number of nitrogens with one attached hydrogen (secondary N) is 1. The van der Waals surface area contributed by atoms with E-state index in [1.54, 1.807) is 31.2 Å². The van der Waals surface area contributed by atoms with E-state index in [1.807, 2.05) is 0 Å². The number of fused-ring (bicyclic) bond motifs is 1. The Balaban J connectivity index is 1.80. The van der Waals surface area contributed by atoms with Crippen LogP contribution in [0.1, 0.15) is 34.8 Å². The number of esters is 1. The molecule has 0 bridgehead atoms. The normalized spacial score (nSPS) is 10.8. The molecule has 0 aliphatic rings. The molecule has 26 heavy (non-hydrogen) atoms. The number of H-pyrrole nitrogens is 1. The molecule has 1 aromatic heterocycles. The Morgan fingerprint density at radius 2 is 1.88 bits per heavy atom. The summed E-state index contributed by atoms with van der Waals surface area (Å²) in [5, 5.41) is 10.5. The molecule has 0 atom stereocenters. The molecule has 134 valence electrons. The molecule has 1 heterocycles. The lowest BCUT2D eigenvalue weighted by molar-refractivity contribution is -0.143. The number of benzene rings is 2. The summed E-state index contributed by atoms with van der Waals surface area (Å²) in [6, 6.07) is 10.7. The summed E-state index contributed by atoms with van der Waals surface area (Å²) in [4.78, 5) is 26.8. The van der Waals surface area contributed by atoms with Gasteiger partial charge in [-0.05, 0) is 37.1 Å². The van der Waals surface area contributed by atoms with Crippen LogP contribution in [0.2, 0.25) is 0 Å². The number of hydrogen-bond acceptors (Lipinski definition) is 4. The van der Waals surface area contributed by atoms with Crippen LogP contribution in [-0.4, -0.2) is 28.4 Å². The third kappa shape index (κ3) is 3.59. The molecule has 0 radical (unpaired) electrons. The van der Waals surface area contributed by atoms with E-state index in [0.717, 1.165) is 5.56 Å². The minimum absolute atomic E-state index is 0.110. The van der Waals surface area contributed by atoms with Gasteiger partial charge in [-0.1, -0.05) is 24.3 Å². The maximum Gasteiger partial charge on any atom is 0.306 e. The average molecular weight is 355 g/mol. The first kappa shape index (κ1) is 17.7. The van der Waals surface area contributed by atoms with Crippen molar-refractivity contribution < 1.29 is 23.8 Å². The van der Waals surface area contributed by atoms with Crippen LogP contribution in [0.25, 0.3) is 10.9 Å². The highest BCUT2D eigenvalue weighted by Gasteiger charge is 2.20. The molecule has 0 amide bonds. The van der Waals surface area contributed by atoms with Crippen molar-refractivity contribution in [3.8, 4) is 5.88 Å². The Morgan fingerprint density at radius 1 is 1.15 bits per heavy atom. The minimum atomic E-state index is -0.455. The van der Waals surface area contributed by atoms with Gasteiger partial charge >= 0.3 is 5.97 Å². The highest BCUT2D eigenvalue weighted by molar-refractivity contribution is 6.18. The van der Waals surface area contributed by atoms with Crippen LogP contribution >= 0.6 is 0 Å². The Morgan fingerprint density at radius 3 is 2.58 bits per heavy atom. The third-order valence-electron chi connectivity index (χ3n) is 4.11. The molecule has 2 aromatic carbocycles. The van der Waals surface area contributed by atoms with Crippen LogP contribution in [0.3, 0.4) is 0 Å². The summed E-state index contributed by atoms with van der Waals surface area (Å²) in [5.74, 6) is -1.37. The van der Waals surface area contributed by atoms with Gasteiger partial charge in [-0.25, -0.2) is 4.39 Å². The minimum Gasteiger partial charge on any atom is -0.494 e. The number of carbonyl (C=O) groups excluding carboxylic acids is 2. The number of aromatic nitrogens is 1. The van der Waals surface area contributed by atoms with E-state index in [1.165, 1.54) is 18.2 Å². The first-order chi connectivity index (χ1) is 12.5. The first-order valence-corrected chi connectivity index (χ1v) is 8.29. The zero-order valence-corrected chi connectivity index (χ0v) is 14.2. The van der Waals surface area contributed by atoms with E-state index in [-0.39, 0.29) is 29.6 Å². The summed E-state index contributed by atoms with van der Waals surface area (Å²) in [7, 11) is 0. The van der Waals surface area contributed by atoms with Gasteiger partial charge in [0.25, 0.3) is 0 Å². The van der Waals surface area contributed by atoms with Crippen molar-refractivity contribution >= 4 is 22.7 Å². The van der Waals surface area contributed by atoms with Crippen molar-refractivity contribution in [3.05, 3.63) is 65.0 Å². The molecule has 0 saturated carbocycles. The molecular weight excluding hydrogens is 337 g/mol. The fourth-order valence-electron chi connectivity index (χ4n) is 2.83. The number of ether oxygens (including phenoxy) is 1. The highest BCUT2D eigenvalue weighted by atomic mass is 19.1. The van der Waals surface area contributed by atoms with E-state index in [0.29, 0.717) is 29.5 Å². The van der Waals surface area contributed by atoms with E-state index >= 15 is 0 Å². The summed E-state index contributed by atoms with van der Waals surface area (Å²) in [6.45, 7) is 2.11. The van der Waals surface area contributed by atoms with Gasteiger partial charge in [0.15, 0.2) is 5.78 Å². The fourth-order valence-corrected chi connectivity index (χ4v) is 2.83. The predicted octanol–water partition coefficient (Wildman–Crippen LogP) is 3.74. The number of halogens is 1. The number of hydrogen-bond donors (Lipinski definition) is 2. The largest absolute Gasteiger partial charge is 0.494 e. The van der Waals surface area contributed by atoms with E-state index in [9.17, 15) is 19.1 Å². The van der Waals surface area contributed by atoms with Gasteiger partial charge < -0.3 is 14.8 Å². The van der Waals surface area contributed by atoms with E-state index in [4.69, 9.17) is 4.74 Å². The van der Waals surface area contributed by atoms with Crippen molar-refractivity contribution in [1.82, 2.24) is 4.98 Å². The third-order valence-corrected chi connectivity index (χ3v) is 4.11. The number of aryl methyl sites for hydroxylation is 1. The molecular formula is C20H18FNO4. The maximum atomic E-state index is 13.3. The molecule has 0 fully saturated rings. The number of rotatable bonds is 6. The second-order valence-corrected chi connectivity index (χ2v) is 5.87. The molecule has 0 spiro atoms. The second kappa shape index (κ2) is 7.39. The molecule has 0 saturated heterocycles. The predicted molar refractivity (Wildman–Crippen MR) is 94.8 cm³/mol. The molecule has 5 nitrogen and oxygen atoms in total. The molecule has 2 N–H and O–H groups in total. The Kier molecular flexibility index (Phi) is 5.02. The van der Waals surface area contributed by atoms with Gasteiger partial charge in [0.05, 0.1) is 17.7 Å². The summed E-state index contributed by atoms with van der Waals surface area (Å²) in [6.07, 6.45) is 0.793. The lowest BCUT2D eigenvalue weighted by Crippen LogP contribution is -2.05. The van der Waals surface area contributed by atoms with Crippen LogP contribution < -0.4 is 0 Å². The van der Waals surface area contributed by atoms with E-state index in [2.05, 4.69) is 4.98 Å². The van der Waals surface area contributed by atoms with Gasteiger partial charge in [-0.15, -0.1) is 0 Å². The monoisotopic (exact) mass is 355 g/mol. The lowest BCUT2D eigenvalue weighted by atomic mass is 10.00. The number of aromatic hydroxyl groups is 1.